The molecule has 1 fully saturated rings. The maximum atomic E-state index is 11.2. The lowest BCUT2D eigenvalue weighted by molar-refractivity contribution is -0.384. The predicted octanol–water partition coefficient (Wildman–Crippen LogP) is 4.71. The van der Waals surface area contributed by atoms with Gasteiger partial charge in [-0.15, -0.1) is 0 Å². The van der Waals surface area contributed by atoms with Crippen LogP contribution in [-0.4, -0.2) is 16.8 Å². The Bertz CT molecular complexity index is 542. The fourth-order valence-electron chi connectivity index (χ4n) is 3.23. The molecule has 1 unspecified atom stereocenters. The number of hydrogen-bond acceptors (Lipinski definition) is 4. The van der Waals surface area contributed by atoms with Crippen molar-refractivity contribution in [2.24, 2.45) is 5.41 Å². The summed E-state index contributed by atoms with van der Waals surface area (Å²) in [7, 11) is 0. The number of benzene rings is 1. The van der Waals surface area contributed by atoms with Crippen LogP contribution < -0.4 is 5.32 Å². The van der Waals surface area contributed by atoms with Crippen LogP contribution in [0.2, 0.25) is 0 Å². The highest BCUT2D eigenvalue weighted by atomic mass is 79.9. The van der Waals surface area contributed by atoms with E-state index in [2.05, 4.69) is 48.9 Å². The first-order valence-electron chi connectivity index (χ1n) is 6.96. The minimum atomic E-state index is -0.383. The quantitative estimate of drug-likeness (QED) is 0.629. The Morgan fingerprint density at radius 3 is 2.62 bits per heavy atom. The van der Waals surface area contributed by atoms with Crippen LogP contribution >= 0.6 is 15.9 Å². The monoisotopic (exact) mass is 356 g/mol. The molecule has 1 atom stereocenters. The normalized spacial score (nSPS) is 23.6. The van der Waals surface area contributed by atoms with Crippen molar-refractivity contribution < 1.29 is 9.66 Å². The first-order valence-corrected chi connectivity index (χ1v) is 7.76. The lowest BCUT2D eigenvalue weighted by Gasteiger charge is -2.45. The number of ether oxygens (including phenoxy) is 1. The van der Waals surface area contributed by atoms with Gasteiger partial charge in [0.05, 0.1) is 10.5 Å². The molecule has 0 saturated carbocycles. The summed E-state index contributed by atoms with van der Waals surface area (Å²) in [4.78, 5) is 10.8. The summed E-state index contributed by atoms with van der Waals surface area (Å²) < 4.78 is 6.72. The van der Waals surface area contributed by atoms with Crippen molar-refractivity contribution in [3.05, 3.63) is 32.8 Å². The molecule has 0 radical (unpaired) electrons. The molecule has 1 aliphatic rings. The number of halogens is 1. The maximum absolute atomic E-state index is 11.2. The Labute approximate surface area is 133 Å². The molecule has 0 spiro atoms. The molecule has 21 heavy (non-hydrogen) atoms. The summed E-state index contributed by atoms with van der Waals surface area (Å²) in [6, 6.07) is 5.00. The molecule has 0 amide bonds. The zero-order chi connectivity index (χ0) is 15.8. The first-order chi connectivity index (χ1) is 9.58. The van der Waals surface area contributed by atoms with E-state index < -0.39 is 0 Å². The number of nitro benzene ring substituents is 1. The van der Waals surface area contributed by atoms with Crippen molar-refractivity contribution in [1.82, 2.24) is 0 Å². The van der Waals surface area contributed by atoms with Crippen LogP contribution in [0.1, 0.15) is 40.5 Å². The third-order valence-electron chi connectivity index (χ3n) is 3.58. The molecule has 1 N–H and O–H groups in total. The van der Waals surface area contributed by atoms with E-state index in [1.807, 2.05) is 0 Å². The van der Waals surface area contributed by atoms with Gasteiger partial charge < -0.3 is 10.1 Å². The predicted molar refractivity (Wildman–Crippen MR) is 86.4 cm³/mol. The Morgan fingerprint density at radius 2 is 2.05 bits per heavy atom. The second-order valence-electron chi connectivity index (χ2n) is 6.97. The molecule has 1 saturated heterocycles. The van der Waals surface area contributed by atoms with Crippen LogP contribution in [-0.2, 0) is 4.74 Å². The van der Waals surface area contributed by atoms with Crippen LogP contribution in [0.15, 0.2) is 22.7 Å². The number of hydrogen-bond donors (Lipinski definition) is 1. The fourth-order valence-corrected chi connectivity index (χ4v) is 3.58. The molecule has 0 aliphatic carbocycles. The third-order valence-corrected chi connectivity index (χ3v) is 4.07. The van der Waals surface area contributed by atoms with Crippen molar-refractivity contribution in [2.45, 2.75) is 52.4 Å². The van der Waals surface area contributed by atoms with Gasteiger partial charge in [0.2, 0.25) is 0 Å². The minimum Gasteiger partial charge on any atom is -0.354 e. The topological polar surface area (TPSA) is 64.4 Å². The van der Waals surface area contributed by atoms with Crippen molar-refractivity contribution >= 4 is 27.3 Å². The van der Waals surface area contributed by atoms with Gasteiger partial charge in [0.15, 0.2) is 0 Å². The van der Waals surface area contributed by atoms with Gasteiger partial charge in [0.1, 0.15) is 11.9 Å². The van der Waals surface area contributed by atoms with Gasteiger partial charge in [-0.05, 0) is 44.2 Å². The highest BCUT2D eigenvalue weighted by Gasteiger charge is 2.39. The summed E-state index contributed by atoms with van der Waals surface area (Å²) in [5.74, 6) is 0. The zero-order valence-electron chi connectivity index (χ0n) is 12.8. The van der Waals surface area contributed by atoms with Gasteiger partial charge in [-0.25, -0.2) is 0 Å². The number of anilines is 1. The highest BCUT2D eigenvalue weighted by Crippen LogP contribution is 2.41. The molecule has 6 heteroatoms. The molecule has 5 nitrogen and oxygen atoms in total. The van der Waals surface area contributed by atoms with Crippen LogP contribution in [0.5, 0.6) is 0 Å². The average Bonchev–Trinajstić information content (AvgIpc) is 2.27. The van der Waals surface area contributed by atoms with Crippen molar-refractivity contribution in [3.63, 3.8) is 0 Å². The largest absolute Gasteiger partial charge is 0.354 e. The molecule has 116 valence electrons. The van der Waals surface area contributed by atoms with Gasteiger partial charge in [0, 0.05) is 10.5 Å². The molecule has 0 bridgehead atoms. The highest BCUT2D eigenvalue weighted by molar-refractivity contribution is 9.10. The van der Waals surface area contributed by atoms with E-state index in [9.17, 15) is 10.1 Å². The second kappa shape index (κ2) is 5.57. The van der Waals surface area contributed by atoms with E-state index in [0.29, 0.717) is 10.2 Å². The van der Waals surface area contributed by atoms with Crippen LogP contribution in [0, 0.1) is 15.5 Å². The van der Waals surface area contributed by atoms with Gasteiger partial charge >= 0.3 is 0 Å². The van der Waals surface area contributed by atoms with Crippen LogP contribution in [0.4, 0.5) is 11.4 Å². The molecule has 1 aliphatic heterocycles. The maximum Gasteiger partial charge on any atom is 0.293 e. The number of nitro groups is 1. The van der Waals surface area contributed by atoms with Gasteiger partial charge in [0.25, 0.3) is 5.69 Å². The van der Waals surface area contributed by atoms with E-state index in [1.165, 1.54) is 6.07 Å². The van der Waals surface area contributed by atoms with E-state index in [0.717, 1.165) is 12.8 Å². The Kier molecular flexibility index (Phi) is 4.31. The van der Waals surface area contributed by atoms with Crippen LogP contribution in [0.3, 0.4) is 0 Å². The Morgan fingerprint density at radius 1 is 1.38 bits per heavy atom. The van der Waals surface area contributed by atoms with E-state index in [1.54, 1.807) is 12.1 Å². The molecular formula is C15H21BrN2O3. The van der Waals surface area contributed by atoms with Crippen LogP contribution in [0.25, 0.3) is 0 Å². The molecule has 0 aromatic heterocycles. The molecule has 1 aromatic rings. The summed E-state index contributed by atoms with van der Waals surface area (Å²) >= 11 is 3.26. The standard InChI is InChI=1S/C15H21BrN2O3/c1-14(2)8-13(21-15(3,4)9-14)17-11-6-5-10(16)7-12(11)18(19)20/h5-7,13,17H,8-9H2,1-4H3. The minimum absolute atomic E-state index is 0.0501. The van der Waals surface area contributed by atoms with E-state index >= 15 is 0 Å². The molecule has 1 aromatic carbocycles. The first kappa shape index (κ1) is 16.2. The lowest BCUT2D eigenvalue weighted by Crippen LogP contribution is -2.46. The fraction of sp³-hybridized carbons (Fsp3) is 0.600. The number of nitrogens with one attached hydrogen (secondary N) is 1. The Balaban J connectivity index is 2.24. The van der Waals surface area contributed by atoms with Gasteiger partial charge in [-0.1, -0.05) is 29.8 Å². The van der Waals surface area contributed by atoms with Gasteiger partial charge in [-0.3, -0.25) is 10.1 Å². The summed E-state index contributed by atoms with van der Waals surface area (Å²) in [5, 5.41) is 14.4. The molecule has 2 rings (SSSR count). The summed E-state index contributed by atoms with van der Waals surface area (Å²) in [6.07, 6.45) is 1.54. The average molecular weight is 357 g/mol. The smallest absolute Gasteiger partial charge is 0.293 e. The van der Waals surface area contributed by atoms with Crippen molar-refractivity contribution in [3.8, 4) is 0 Å². The summed E-state index contributed by atoms with van der Waals surface area (Å²) in [6.45, 7) is 8.50. The zero-order valence-corrected chi connectivity index (χ0v) is 14.4. The Hall–Kier alpha value is -1.14. The molecule has 1 heterocycles. The SMILES string of the molecule is CC1(C)CC(Nc2ccc(Br)cc2[N+](=O)[O-])OC(C)(C)C1. The number of nitrogens with zero attached hydrogens (tertiary/aromatic N) is 1. The van der Waals surface area contributed by atoms with E-state index in [-0.39, 0.29) is 27.9 Å². The lowest BCUT2D eigenvalue weighted by atomic mass is 9.76. The van der Waals surface area contributed by atoms with Gasteiger partial charge in [-0.2, -0.15) is 0 Å². The van der Waals surface area contributed by atoms with Crippen molar-refractivity contribution in [1.29, 1.82) is 0 Å². The summed E-state index contributed by atoms with van der Waals surface area (Å²) in [5.41, 5.74) is 0.420. The number of rotatable bonds is 3. The molecular weight excluding hydrogens is 336 g/mol. The third kappa shape index (κ3) is 4.17. The second-order valence-corrected chi connectivity index (χ2v) is 7.89. The van der Waals surface area contributed by atoms with E-state index in [4.69, 9.17) is 4.74 Å². The van der Waals surface area contributed by atoms with Crippen molar-refractivity contribution in [2.75, 3.05) is 5.32 Å².